The minimum Gasteiger partial charge on any atom is -0.329 e. The van der Waals surface area contributed by atoms with E-state index in [9.17, 15) is 8.42 Å². The lowest BCUT2D eigenvalue weighted by atomic mass is 10.4. The van der Waals surface area contributed by atoms with Crippen LogP contribution in [-0.4, -0.2) is 26.3 Å². The molecule has 0 radical (unpaired) electrons. The van der Waals surface area contributed by atoms with E-state index in [2.05, 4.69) is 4.72 Å². The first kappa shape index (κ1) is 11.4. The van der Waals surface area contributed by atoms with E-state index in [0.717, 1.165) is 0 Å². The third-order valence-corrected chi connectivity index (χ3v) is 3.13. The summed E-state index contributed by atoms with van der Waals surface area (Å²) in [5, 5.41) is 7.32. The van der Waals surface area contributed by atoms with Crippen LogP contribution in [0.25, 0.3) is 0 Å². The van der Waals surface area contributed by atoms with Gasteiger partial charge in [-0.15, -0.1) is 0 Å². The van der Waals surface area contributed by atoms with Gasteiger partial charge in [0.2, 0.25) is 10.0 Å². The van der Waals surface area contributed by atoms with Gasteiger partial charge in [0.25, 0.3) is 0 Å². The molecular formula is C6H13N3O2S. The molecule has 0 aromatic carbocycles. The Balaban J connectivity index is 4.36. The number of nitrogens with one attached hydrogen (secondary N) is 1. The van der Waals surface area contributed by atoms with Crippen LogP contribution in [0.3, 0.4) is 0 Å². The Bertz CT molecular complexity index is 267. The van der Waals surface area contributed by atoms with Crippen LogP contribution in [0.2, 0.25) is 0 Å². The lowest BCUT2D eigenvalue weighted by Gasteiger charge is -2.12. The molecule has 70 valence electrons. The van der Waals surface area contributed by atoms with Crippen LogP contribution in [0.1, 0.15) is 13.8 Å². The summed E-state index contributed by atoms with van der Waals surface area (Å²) in [7, 11) is -3.51. The summed E-state index contributed by atoms with van der Waals surface area (Å²) in [5.74, 6) is 0. The quantitative estimate of drug-likeness (QED) is 0.606. The van der Waals surface area contributed by atoms with Gasteiger partial charge in [0.05, 0.1) is 6.07 Å². The third kappa shape index (κ3) is 3.17. The van der Waals surface area contributed by atoms with Crippen molar-refractivity contribution < 1.29 is 8.42 Å². The molecule has 0 saturated heterocycles. The van der Waals surface area contributed by atoms with Crippen LogP contribution in [0, 0.1) is 11.3 Å². The molecule has 0 aliphatic heterocycles. The van der Waals surface area contributed by atoms with Crippen LogP contribution >= 0.6 is 0 Å². The van der Waals surface area contributed by atoms with E-state index >= 15 is 0 Å². The maximum Gasteiger partial charge on any atom is 0.227 e. The zero-order chi connectivity index (χ0) is 9.78. The standard InChI is InChI=1S/C6H13N3O2S/c1-5(3-7)9-12(10,11)6(2)4-8/h5-6,9H,3,7H2,1-2H3. The normalized spacial score (nSPS) is 16.5. The van der Waals surface area contributed by atoms with Crippen molar-refractivity contribution in [1.82, 2.24) is 4.72 Å². The van der Waals surface area contributed by atoms with Crippen LogP contribution in [-0.2, 0) is 10.0 Å². The van der Waals surface area contributed by atoms with Crippen LogP contribution in [0.4, 0.5) is 0 Å². The third-order valence-electron chi connectivity index (χ3n) is 1.37. The molecule has 0 aliphatic rings. The van der Waals surface area contributed by atoms with Gasteiger partial charge in [0, 0.05) is 12.6 Å². The Morgan fingerprint density at radius 1 is 1.58 bits per heavy atom. The summed E-state index contributed by atoms with van der Waals surface area (Å²) in [6.45, 7) is 3.19. The molecule has 3 N–H and O–H groups in total. The molecule has 0 heterocycles. The molecule has 12 heavy (non-hydrogen) atoms. The molecule has 0 aromatic heterocycles. The summed E-state index contributed by atoms with van der Waals surface area (Å²) < 4.78 is 24.6. The minimum absolute atomic E-state index is 0.220. The van der Waals surface area contributed by atoms with Crippen LogP contribution < -0.4 is 10.5 Å². The lowest BCUT2D eigenvalue weighted by Crippen LogP contribution is -2.41. The fourth-order valence-corrected chi connectivity index (χ4v) is 1.50. The Kier molecular flexibility index (Phi) is 4.17. The maximum atomic E-state index is 11.1. The smallest absolute Gasteiger partial charge is 0.227 e. The highest BCUT2D eigenvalue weighted by atomic mass is 32.2. The van der Waals surface area contributed by atoms with Gasteiger partial charge < -0.3 is 5.73 Å². The van der Waals surface area contributed by atoms with Crippen molar-refractivity contribution in [1.29, 1.82) is 5.26 Å². The van der Waals surface area contributed by atoms with E-state index < -0.39 is 15.3 Å². The molecule has 0 fully saturated rings. The fourth-order valence-electron chi connectivity index (χ4n) is 0.500. The van der Waals surface area contributed by atoms with Crippen molar-refractivity contribution in [2.45, 2.75) is 25.1 Å². The summed E-state index contributed by atoms with van der Waals surface area (Å²) in [5.41, 5.74) is 5.21. The summed E-state index contributed by atoms with van der Waals surface area (Å²) in [6, 6.07) is 1.32. The predicted molar refractivity (Wildman–Crippen MR) is 45.6 cm³/mol. The van der Waals surface area contributed by atoms with E-state index in [1.165, 1.54) is 6.92 Å². The second-order valence-electron chi connectivity index (χ2n) is 2.57. The van der Waals surface area contributed by atoms with E-state index in [1.807, 2.05) is 0 Å². The van der Waals surface area contributed by atoms with Crippen LogP contribution in [0.15, 0.2) is 0 Å². The highest BCUT2D eigenvalue weighted by Crippen LogP contribution is 1.97. The summed E-state index contributed by atoms with van der Waals surface area (Å²) >= 11 is 0. The maximum absolute atomic E-state index is 11.1. The van der Waals surface area contributed by atoms with Crippen LogP contribution in [0.5, 0.6) is 0 Å². The summed E-state index contributed by atoms with van der Waals surface area (Å²) in [4.78, 5) is 0. The molecule has 0 aromatic rings. The Morgan fingerprint density at radius 3 is 2.42 bits per heavy atom. The number of sulfonamides is 1. The molecule has 0 saturated carbocycles. The largest absolute Gasteiger partial charge is 0.329 e. The lowest BCUT2D eigenvalue weighted by molar-refractivity contribution is 0.558. The number of hydrogen-bond donors (Lipinski definition) is 2. The molecule has 0 spiro atoms. The fraction of sp³-hybridized carbons (Fsp3) is 0.833. The number of hydrogen-bond acceptors (Lipinski definition) is 4. The van der Waals surface area contributed by atoms with Crippen molar-refractivity contribution >= 4 is 10.0 Å². The summed E-state index contributed by atoms with van der Waals surface area (Å²) in [6.07, 6.45) is 0. The number of rotatable bonds is 4. The van der Waals surface area contributed by atoms with Gasteiger partial charge in [-0.2, -0.15) is 5.26 Å². The SMILES string of the molecule is CC(CN)NS(=O)(=O)C(C)C#N. The zero-order valence-electron chi connectivity index (χ0n) is 7.11. The topological polar surface area (TPSA) is 96.0 Å². The number of nitrogens with zero attached hydrogens (tertiary/aromatic N) is 1. The second-order valence-corrected chi connectivity index (χ2v) is 4.60. The van der Waals surface area contributed by atoms with Gasteiger partial charge in [-0.3, -0.25) is 0 Å². The van der Waals surface area contributed by atoms with Gasteiger partial charge in [-0.25, -0.2) is 13.1 Å². The molecule has 0 rings (SSSR count). The minimum atomic E-state index is -3.51. The molecule has 0 aliphatic carbocycles. The first-order valence-corrected chi connectivity index (χ1v) is 5.09. The molecule has 0 amide bonds. The molecule has 2 atom stereocenters. The van der Waals surface area contributed by atoms with Gasteiger partial charge in [-0.1, -0.05) is 0 Å². The Labute approximate surface area is 72.6 Å². The average molecular weight is 191 g/mol. The van der Waals surface area contributed by atoms with Gasteiger partial charge >= 0.3 is 0 Å². The van der Waals surface area contributed by atoms with Crippen molar-refractivity contribution in [2.24, 2.45) is 5.73 Å². The first-order valence-electron chi connectivity index (χ1n) is 3.55. The van der Waals surface area contributed by atoms with E-state index in [1.54, 1.807) is 13.0 Å². The zero-order valence-corrected chi connectivity index (χ0v) is 7.93. The first-order chi connectivity index (χ1) is 5.44. The van der Waals surface area contributed by atoms with Crippen molar-refractivity contribution in [3.05, 3.63) is 0 Å². The van der Waals surface area contributed by atoms with Gasteiger partial charge in [-0.05, 0) is 13.8 Å². The highest BCUT2D eigenvalue weighted by Gasteiger charge is 2.21. The molecule has 2 unspecified atom stereocenters. The van der Waals surface area contributed by atoms with Gasteiger partial charge in [0.1, 0.15) is 0 Å². The van der Waals surface area contributed by atoms with Crippen molar-refractivity contribution in [2.75, 3.05) is 6.54 Å². The van der Waals surface area contributed by atoms with E-state index in [-0.39, 0.29) is 12.6 Å². The second kappa shape index (κ2) is 4.40. The van der Waals surface area contributed by atoms with Crippen molar-refractivity contribution in [3.8, 4) is 6.07 Å². The molecule has 6 heteroatoms. The van der Waals surface area contributed by atoms with Gasteiger partial charge in [0.15, 0.2) is 5.25 Å². The number of nitriles is 1. The van der Waals surface area contributed by atoms with E-state index in [0.29, 0.717) is 0 Å². The Morgan fingerprint density at radius 2 is 2.08 bits per heavy atom. The molecule has 0 bridgehead atoms. The van der Waals surface area contributed by atoms with E-state index in [4.69, 9.17) is 11.0 Å². The average Bonchev–Trinajstić information content (AvgIpc) is 2.02. The predicted octanol–water partition coefficient (Wildman–Crippen LogP) is -0.835. The molecule has 5 nitrogen and oxygen atoms in total. The van der Waals surface area contributed by atoms with Crippen molar-refractivity contribution in [3.63, 3.8) is 0 Å². The monoisotopic (exact) mass is 191 g/mol. The highest BCUT2D eigenvalue weighted by molar-refractivity contribution is 7.90. The Hall–Kier alpha value is -0.640. The number of nitrogens with two attached hydrogens (primary N) is 1. The molecular weight excluding hydrogens is 178 g/mol.